The fourth-order valence-electron chi connectivity index (χ4n) is 1.33. The van der Waals surface area contributed by atoms with E-state index in [1.807, 2.05) is 12.2 Å². The first-order valence-corrected chi connectivity index (χ1v) is 6.61. The summed E-state index contributed by atoms with van der Waals surface area (Å²) in [7, 11) is 0. The van der Waals surface area contributed by atoms with Crippen molar-refractivity contribution in [3.8, 4) is 0 Å². The van der Waals surface area contributed by atoms with Crippen molar-refractivity contribution in [2.24, 2.45) is 0 Å². The zero-order valence-corrected chi connectivity index (χ0v) is 19.9. The zero-order chi connectivity index (χ0) is 20.7. The summed E-state index contributed by atoms with van der Waals surface area (Å²) in [5, 5.41) is 0. The van der Waals surface area contributed by atoms with Gasteiger partial charge < -0.3 is 0 Å². The van der Waals surface area contributed by atoms with Gasteiger partial charge in [-0.25, -0.2) is 38.5 Å². The maximum atomic E-state index is 12.0. The second-order valence-electron chi connectivity index (χ2n) is 4.39. The van der Waals surface area contributed by atoms with Crippen LogP contribution in [0.1, 0.15) is 6.42 Å². The molecule has 0 heterocycles. The molecule has 1 aliphatic rings. The molecule has 0 amide bonds. The van der Waals surface area contributed by atoms with Crippen LogP contribution in [0.4, 0.5) is 43.9 Å². The number of halogens is 13. The predicted octanol–water partition coefficient (Wildman–Crippen LogP) is 6.55. The molecule has 0 N–H and O–H groups in total. The Morgan fingerprint density at radius 3 is 0.969 bits per heavy atom. The Kier molecular flexibility index (Phi) is 25.2. The van der Waals surface area contributed by atoms with E-state index in [2.05, 4.69) is 12.2 Å². The Balaban J connectivity index is -0.000000111. The summed E-state index contributed by atoms with van der Waals surface area (Å²) in [5.41, 5.74) is 0. The maximum Gasteiger partial charge on any atom is 3.00 e. The van der Waals surface area contributed by atoms with Gasteiger partial charge in [-0.2, -0.15) is 6.08 Å². The maximum absolute atomic E-state index is 12.0. The Hall–Kier alpha value is -0.962. The van der Waals surface area contributed by atoms with E-state index in [4.69, 9.17) is 0 Å². The van der Waals surface area contributed by atoms with Crippen molar-refractivity contribution in [2.75, 3.05) is 0 Å². The fourth-order valence-corrected chi connectivity index (χ4v) is 1.33. The van der Waals surface area contributed by atoms with Crippen LogP contribution in [-0.2, 0) is 26.2 Å². The number of allylic oxidation sites excluding steroid dienone is 4. The number of rotatable bonds is 0. The smallest absolute Gasteiger partial charge is 0.278 e. The van der Waals surface area contributed by atoms with Gasteiger partial charge in [0.25, 0.3) is 0 Å². The van der Waals surface area contributed by atoms with Crippen LogP contribution in [0.25, 0.3) is 0 Å². The van der Waals surface area contributed by atoms with Gasteiger partial charge in [-0.3, -0.25) is 23.6 Å². The molecule has 174 valence electrons. The molecule has 0 saturated carbocycles. The molecule has 0 aliphatic heterocycles. The van der Waals surface area contributed by atoms with E-state index in [-0.39, 0.29) is 71.8 Å². The van der Waals surface area contributed by atoms with E-state index in [0.717, 1.165) is 18.6 Å². The summed E-state index contributed by atoms with van der Waals surface area (Å²) in [6.45, 7) is 0. The quantitative estimate of drug-likeness (QED) is 0.104. The van der Waals surface area contributed by atoms with Gasteiger partial charge in [-0.05, 0) is 0 Å². The molecule has 0 spiro atoms. The van der Waals surface area contributed by atoms with Crippen LogP contribution in [0.5, 0.6) is 0 Å². The van der Waals surface area contributed by atoms with Crippen molar-refractivity contribution in [3.05, 3.63) is 94.6 Å². The molecular weight excluding hydrogens is 603 g/mol. The van der Waals surface area contributed by atoms with E-state index in [1.165, 1.54) is 0 Å². The first-order chi connectivity index (χ1) is 12.6. The first-order valence-electron chi connectivity index (χ1n) is 6.61. The summed E-state index contributed by atoms with van der Waals surface area (Å²) in [6, 6.07) is 2.05. The predicted molar refractivity (Wildman–Crippen MR) is 99.2 cm³/mol. The summed E-state index contributed by atoms with van der Waals surface area (Å²) in [6.07, 6.45) is 10.0. The van der Waals surface area contributed by atoms with Crippen LogP contribution in [0.3, 0.4) is 0 Å². The van der Waals surface area contributed by atoms with Crippen molar-refractivity contribution in [1.29, 1.82) is 0 Å². The molecule has 0 atom stereocenters. The molecule has 32 heavy (non-hydrogen) atoms. The van der Waals surface area contributed by atoms with Crippen LogP contribution in [0.15, 0.2) is 18.2 Å². The third-order valence-corrected chi connectivity index (χ3v) is 2.57. The minimum Gasteiger partial charge on any atom is -0.278 e. The Morgan fingerprint density at radius 2 is 0.812 bits per heavy atom. The van der Waals surface area contributed by atoms with Crippen molar-refractivity contribution in [2.45, 2.75) is 6.42 Å². The van der Waals surface area contributed by atoms with Gasteiger partial charge in [-0.1, -0.05) is 0 Å². The monoisotopic (exact) mass is 608 g/mol. The molecule has 0 fully saturated rings. The van der Waals surface area contributed by atoms with Crippen molar-refractivity contribution >= 4 is 45.6 Å². The topological polar surface area (TPSA) is 0 Å². The van der Waals surface area contributed by atoms with Crippen LogP contribution >= 0.6 is 37.2 Å². The van der Waals surface area contributed by atoms with E-state index in [9.17, 15) is 43.9 Å². The Labute approximate surface area is 216 Å². The van der Waals surface area contributed by atoms with Gasteiger partial charge in [0.1, 0.15) is 0 Å². The van der Waals surface area contributed by atoms with E-state index in [1.54, 1.807) is 0 Å². The van der Waals surface area contributed by atoms with Gasteiger partial charge in [0.2, 0.25) is 0 Å². The molecule has 15 heteroatoms. The molecule has 1 aliphatic carbocycles. The zero-order valence-electron chi connectivity index (χ0n) is 15.0. The first kappa shape index (κ1) is 41.3. The number of hydrogen-bond acceptors (Lipinski definition) is 0. The molecule has 0 saturated heterocycles. The van der Waals surface area contributed by atoms with Gasteiger partial charge in [0.05, 0.1) is 58.2 Å². The molecule has 0 aromatic heterocycles. The largest absolute Gasteiger partial charge is 3.00 e. The second-order valence-corrected chi connectivity index (χ2v) is 4.39. The molecule has 2 aromatic carbocycles. The number of benzene rings is 2. The van der Waals surface area contributed by atoms with Crippen molar-refractivity contribution in [3.63, 3.8) is 0 Å². The minimum absolute atomic E-state index is 0. The third kappa shape index (κ3) is 11.8. The van der Waals surface area contributed by atoms with Gasteiger partial charge in [0, 0.05) is 8.41 Å². The molecule has 2 aromatic rings. The normalized spacial score (nSPS) is 9.81. The van der Waals surface area contributed by atoms with Crippen LogP contribution in [-0.4, -0.2) is 8.41 Å². The third-order valence-electron chi connectivity index (χ3n) is 2.57. The molecule has 0 unspecified atom stereocenters. The van der Waals surface area contributed by atoms with Gasteiger partial charge in [0.15, 0.2) is 0 Å². The van der Waals surface area contributed by atoms with Crippen molar-refractivity contribution < 1.29 is 70.1 Å². The molecular formula is C17H8BCl3F10Zr. The Bertz CT molecular complexity index is 774. The van der Waals surface area contributed by atoms with Gasteiger partial charge >= 0.3 is 26.2 Å². The fraction of sp³-hybridized carbons (Fsp3) is 0.0588. The van der Waals surface area contributed by atoms with E-state index in [0.29, 0.717) is 0 Å². The SMILES string of the molecule is Cl.Cl.Cl.Fc1[c-]c(F)c(F)c(F)c1F.Fc1[c-]c(F)c(F)c(F)c1F.[B].[C-]1=CC=CC1.[Zr+3]. The van der Waals surface area contributed by atoms with E-state index < -0.39 is 58.2 Å². The van der Waals surface area contributed by atoms with Crippen LogP contribution < -0.4 is 0 Å². The molecule has 0 nitrogen and oxygen atoms in total. The molecule has 4 radical (unpaired) electrons. The van der Waals surface area contributed by atoms with Gasteiger partial charge in [-0.15, -0.1) is 55.8 Å². The summed E-state index contributed by atoms with van der Waals surface area (Å²) < 4.78 is 120. The second kappa shape index (κ2) is 19.5. The summed E-state index contributed by atoms with van der Waals surface area (Å²) >= 11 is 0. The minimum atomic E-state index is -2.17. The average molecular weight is 611 g/mol. The standard InChI is InChI=1S/2C6F5.C5H5.B.3ClH.Zr/c2*7-2-1-3(8)5(10)6(11)4(2)9;1-2-4-5-3-1;;;;;/h;;1-3H,4H2;;3*1H;/q3*-1;;;;;+3. The Morgan fingerprint density at radius 1 is 0.531 bits per heavy atom. The summed E-state index contributed by atoms with van der Waals surface area (Å²) in [5.74, 6) is -20.1. The number of hydrogen-bond donors (Lipinski definition) is 0. The van der Waals surface area contributed by atoms with Crippen molar-refractivity contribution in [1.82, 2.24) is 0 Å². The van der Waals surface area contributed by atoms with E-state index >= 15 is 0 Å². The van der Waals surface area contributed by atoms with Crippen LogP contribution in [0, 0.1) is 76.4 Å². The average Bonchev–Trinajstić information content (AvgIpc) is 3.22. The molecule has 3 rings (SSSR count). The summed E-state index contributed by atoms with van der Waals surface area (Å²) in [4.78, 5) is 0. The van der Waals surface area contributed by atoms with Crippen LogP contribution in [0.2, 0.25) is 0 Å². The molecule has 0 bridgehead atoms.